The standard InChI is InChI=1S/C8H6N2.C3H3N3/c1-2-4-8-7(3-1)5-9-6-10-8;1-2-4-6-5-3-1/h1-6H;1-3H. The van der Waals surface area contributed by atoms with Crippen LogP contribution >= 0.6 is 0 Å². The molecule has 0 atom stereocenters. The van der Waals surface area contributed by atoms with Crippen LogP contribution in [0, 0.1) is 0 Å². The van der Waals surface area contributed by atoms with Crippen LogP contribution in [0.25, 0.3) is 10.9 Å². The number of fused-ring (bicyclic) bond motifs is 1. The summed E-state index contributed by atoms with van der Waals surface area (Å²) in [7, 11) is 0. The maximum atomic E-state index is 4.07. The molecular weight excluding hydrogens is 202 g/mol. The first-order chi connectivity index (χ1) is 7.97. The third-order valence-corrected chi connectivity index (χ3v) is 1.82. The van der Waals surface area contributed by atoms with E-state index < -0.39 is 0 Å². The van der Waals surface area contributed by atoms with Gasteiger partial charge >= 0.3 is 0 Å². The smallest absolute Gasteiger partial charge is 0.116 e. The first-order valence-electron chi connectivity index (χ1n) is 4.70. The van der Waals surface area contributed by atoms with Crippen LogP contribution in [0.2, 0.25) is 0 Å². The van der Waals surface area contributed by atoms with Crippen LogP contribution in [0.5, 0.6) is 0 Å². The molecule has 78 valence electrons. The highest BCUT2D eigenvalue weighted by Crippen LogP contribution is 2.06. The van der Waals surface area contributed by atoms with E-state index in [9.17, 15) is 0 Å². The zero-order valence-corrected chi connectivity index (χ0v) is 8.43. The third-order valence-electron chi connectivity index (χ3n) is 1.82. The second kappa shape index (κ2) is 5.45. The summed E-state index contributed by atoms with van der Waals surface area (Å²) < 4.78 is 0. The fourth-order valence-corrected chi connectivity index (χ4v) is 1.13. The molecule has 0 saturated heterocycles. The molecule has 0 aliphatic carbocycles. The Morgan fingerprint density at radius 1 is 0.875 bits per heavy atom. The van der Waals surface area contributed by atoms with Crippen molar-refractivity contribution in [2.24, 2.45) is 0 Å². The van der Waals surface area contributed by atoms with Crippen LogP contribution in [0.4, 0.5) is 0 Å². The average Bonchev–Trinajstić information content (AvgIpc) is 2.42. The first-order valence-corrected chi connectivity index (χ1v) is 4.70. The number of aromatic nitrogens is 5. The zero-order chi connectivity index (χ0) is 11.1. The highest BCUT2D eigenvalue weighted by atomic mass is 15.3. The minimum atomic E-state index is 0.998. The van der Waals surface area contributed by atoms with Gasteiger partial charge in [0.1, 0.15) is 6.33 Å². The maximum absolute atomic E-state index is 4.07. The molecule has 0 aliphatic rings. The van der Waals surface area contributed by atoms with E-state index in [0.29, 0.717) is 0 Å². The molecule has 0 amide bonds. The van der Waals surface area contributed by atoms with Gasteiger partial charge in [0.2, 0.25) is 0 Å². The minimum absolute atomic E-state index is 0.998. The average molecular weight is 211 g/mol. The molecule has 3 aromatic rings. The summed E-state index contributed by atoms with van der Waals surface area (Å²) in [6, 6.07) is 9.63. The number of hydrogen-bond acceptors (Lipinski definition) is 5. The monoisotopic (exact) mass is 211 g/mol. The quantitative estimate of drug-likeness (QED) is 0.563. The summed E-state index contributed by atoms with van der Waals surface area (Å²) in [6.45, 7) is 0. The van der Waals surface area contributed by atoms with Crippen molar-refractivity contribution in [1.29, 1.82) is 0 Å². The Kier molecular flexibility index (Phi) is 3.44. The molecular formula is C11H9N5. The van der Waals surface area contributed by atoms with Crippen molar-refractivity contribution >= 4 is 10.9 Å². The number of hydrogen-bond donors (Lipinski definition) is 0. The van der Waals surface area contributed by atoms with Crippen molar-refractivity contribution in [2.45, 2.75) is 0 Å². The summed E-state index contributed by atoms with van der Waals surface area (Å²) >= 11 is 0. The summed E-state index contributed by atoms with van der Waals surface area (Å²) in [4.78, 5) is 7.97. The summed E-state index contributed by atoms with van der Waals surface area (Å²) in [5.74, 6) is 0. The van der Waals surface area contributed by atoms with Crippen LogP contribution in [0.15, 0.2) is 55.2 Å². The Labute approximate surface area is 92.2 Å². The molecule has 5 heteroatoms. The summed E-state index contributed by atoms with van der Waals surface area (Å²) in [6.07, 6.45) is 6.52. The Morgan fingerprint density at radius 2 is 1.69 bits per heavy atom. The van der Waals surface area contributed by atoms with Gasteiger partial charge in [0.05, 0.1) is 17.9 Å². The molecule has 0 aliphatic heterocycles. The second-order valence-corrected chi connectivity index (χ2v) is 2.89. The zero-order valence-electron chi connectivity index (χ0n) is 8.43. The summed E-state index contributed by atoms with van der Waals surface area (Å²) in [5, 5.41) is 11.2. The van der Waals surface area contributed by atoms with Gasteiger partial charge in [-0.1, -0.05) is 18.2 Å². The van der Waals surface area contributed by atoms with Gasteiger partial charge in [-0.15, -0.1) is 10.2 Å². The normalized spacial score (nSPS) is 9.25. The molecule has 2 heterocycles. The number of rotatable bonds is 0. The largest absolute Gasteiger partial charge is 0.244 e. The van der Waals surface area contributed by atoms with E-state index in [1.54, 1.807) is 24.8 Å². The van der Waals surface area contributed by atoms with Gasteiger partial charge in [0.25, 0.3) is 0 Å². The van der Waals surface area contributed by atoms with Crippen LogP contribution in [-0.4, -0.2) is 25.4 Å². The summed E-state index contributed by atoms with van der Waals surface area (Å²) in [5.41, 5.74) is 0.998. The fraction of sp³-hybridized carbons (Fsp3) is 0. The Balaban J connectivity index is 0.000000138. The van der Waals surface area contributed by atoms with E-state index in [1.807, 2.05) is 30.5 Å². The van der Waals surface area contributed by atoms with E-state index >= 15 is 0 Å². The van der Waals surface area contributed by atoms with Gasteiger partial charge in [-0.25, -0.2) is 9.97 Å². The molecule has 2 aromatic heterocycles. The highest BCUT2D eigenvalue weighted by molar-refractivity contribution is 5.76. The van der Waals surface area contributed by atoms with Crippen molar-refractivity contribution in [3.63, 3.8) is 0 Å². The molecule has 0 bridgehead atoms. The van der Waals surface area contributed by atoms with Crippen LogP contribution in [0.3, 0.4) is 0 Å². The first kappa shape index (κ1) is 10.1. The van der Waals surface area contributed by atoms with Gasteiger partial charge in [-0.2, -0.15) is 0 Å². The molecule has 3 rings (SSSR count). The lowest BCUT2D eigenvalue weighted by atomic mass is 10.2. The number of benzene rings is 1. The van der Waals surface area contributed by atoms with E-state index in [2.05, 4.69) is 25.4 Å². The second-order valence-electron chi connectivity index (χ2n) is 2.89. The lowest BCUT2D eigenvalue weighted by Gasteiger charge is -1.90. The molecule has 1 aromatic carbocycles. The Hall–Kier alpha value is -2.43. The predicted molar refractivity (Wildman–Crippen MR) is 59.4 cm³/mol. The van der Waals surface area contributed by atoms with Crippen LogP contribution in [-0.2, 0) is 0 Å². The van der Waals surface area contributed by atoms with E-state index in [0.717, 1.165) is 10.9 Å². The van der Waals surface area contributed by atoms with Crippen molar-refractivity contribution in [1.82, 2.24) is 25.4 Å². The lowest BCUT2D eigenvalue weighted by Crippen LogP contribution is -1.78. The van der Waals surface area contributed by atoms with Crippen molar-refractivity contribution < 1.29 is 0 Å². The van der Waals surface area contributed by atoms with Gasteiger partial charge in [0, 0.05) is 11.6 Å². The molecule has 0 fully saturated rings. The minimum Gasteiger partial charge on any atom is -0.244 e. The van der Waals surface area contributed by atoms with Crippen LogP contribution in [0.1, 0.15) is 0 Å². The Morgan fingerprint density at radius 3 is 2.31 bits per heavy atom. The van der Waals surface area contributed by atoms with E-state index in [4.69, 9.17) is 0 Å². The number of nitrogens with zero attached hydrogens (tertiary/aromatic N) is 5. The van der Waals surface area contributed by atoms with Crippen molar-refractivity contribution in [3.8, 4) is 0 Å². The van der Waals surface area contributed by atoms with Gasteiger partial charge in [0.15, 0.2) is 0 Å². The van der Waals surface area contributed by atoms with Gasteiger partial charge < -0.3 is 0 Å². The molecule has 0 unspecified atom stereocenters. The van der Waals surface area contributed by atoms with Crippen molar-refractivity contribution in [3.05, 3.63) is 55.2 Å². The molecule has 0 spiro atoms. The molecule has 0 saturated carbocycles. The van der Waals surface area contributed by atoms with Crippen LogP contribution < -0.4 is 0 Å². The fourth-order valence-electron chi connectivity index (χ4n) is 1.13. The molecule has 0 radical (unpaired) electrons. The molecule has 16 heavy (non-hydrogen) atoms. The predicted octanol–water partition coefficient (Wildman–Crippen LogP) is 1.50. The maximum Gasteiger partial charge on any atom is 0.116 e. The Bertz CT molecular complexity index is 449. The highest BCUT2D eigenvalue weighted by Gasteiger charge is 1.87. The van der Waals surface area contributed by atoms with E-state index in [-0.39, 0.29) is 0 Å². The third kappa shape index (κ3) is 2.78. The number of para-hydroxylation sites is 1. The van der Waals surface area contributed by atoms with Gasteiger partial charge in [-0.3, -0.25) is 0 Å². The topological polar surface area (TPSA) is 64.5 Å². The lowest BCUT2D eigenvalue weighted by molar-refractivity contribution is 0.865. The SMILES string of the molecule is c1ccc2ncncc2c1.c1cnnnc1. The van der Waals surface area contributed by atoms with E-state index in [1.165, 1.54) is 0 Å². The molecule has 0 N–H and O–H groups in total. The van der Waals surface area contributed by atoms with Gasteiger partial charge in [-0.05, 0) is 17.3 Å². The molecule has 5 nitrogen and oxygen atoms in total. The van der Waals surface area contributed by atoms with Crippen molar-refractivity contribution in [2.75, 3.05) is 0 Å².